The molecule has 1 heterocycles. The van der Waals surface area contributed by atoms with Gasteiger partial charge in [-0.15, -0.1) is 0 Å². The second kappa shape index (κ2) is 6.74. The second-order valence-corrected chi connectivity index (χ2v) is 7.27. The average Bonchev–Trinajstić information content (AvgIpc) is 2.91. The second-order valence-electron chi connectivity index (χ2n) is 5.50. The Morgan fingerprint density at radius 2 is 1.91 bits per heavy atom. The van der Waals surface area contributed by atoms with Crippen molar-refractivity contribution >= 4 is 10.0 Å². The van der Waals surface area contributed by atoms with Crippen molar-refractivity contribution in [2.75, 3.05) is 13.7 Å². The predicted molar refractivity (Wildman–Crippen MR) is 88.0 cm³/mol. The maximum atomic E-state index is 12.4. The summed E-state index contributed by atoms with van der Waals surface area (Å²) in [4.78, 5) is 0.160. The molecule has 126 valence electrons. The molecule has 2 N–H and O–H groups in total. The minimum Gasteiger partial charge on any atom is -0.496 e. The van der Waals surface area contributed by atoms with Gasteiger partial charge in [0.15, 0.2) is 0 Å². The molecule has 0 saturated heterocycles. The van der Waals surface area contributed by atoms with Gasteiger partial charge in [-0.05, 0) is 49.2 Å². The van der Waals surface area contributed by atoms with E-state index in [-0.39, 0.29) is 11.4 Å². The lowest BCUT2D eigenvalue weighted by Gasteiger charge is -2.15. The van der Waals surface area contributed by atoms with Crippen molar-refractivity contribution in [1.82, 2.24) is 9.29 Å². The van der Waals surface area contributed by atoms with E-state index >= 15 is 0 Å². The maximum Gasteiger partial charge on any atom is 0.240 e. The lowest BCUT2D eigenvalue weighted by Crippen LogP contribution is -2.29. The van der Waals surface area contributed by atoms with Crippen molar-refractivity contribution in [1.29, 1.82) is 0 Å². The number of methoxy groups -OCH3 is 1. The maximum absolute atomic E-state index is 12.4. The summed E-state index contributed by atoms with van der Waals surface area (Å²) in [5.74, 6) is 0.674. The minimum atomic E-state index is -3.70. The van der Waals surface area contributed by atoms with E-state index in [2.05, 4.69) is 4.72 Å². The van der Waals surface area contributed by atoms with Crippen LogP contribution in [0.5, 0.6) is 5.75 Å². The number of aromatic nitrogens is 1. The van der Waals surface area contributed by atoms with E-state index in [0.717, 1.165) is 11.1 Å². The Bertz CT molecular complexity index is 773. The largest absolute Gasteiger partial charge is 0.496 e. The molecule has 2 rings (SSSR count). The lowest BCUT2D eigenvalue weighted by molar-refractivity contribution is 0.173. The van der Waals surface area contributed by atoms with E-state index < -0.39 is 16.1 Å². The summed E-state index contributed by atoms with van der Waals surface area (Å²) in [5, 5.41) is 10.1. The summed E-state index contributed by atoms with van der Waals surface area (Å²) < 4.78 is 34.3. The van der Waals surface area contributed by atoms with Gasteiger partial charge in [-0.25, -0.2) is 13.1 Å². The van der Waals surface area contributed by atoms with Gasteiger partial charge in [0.1, 0.15) is 11.9 Å². The number of nitrogens with one attached hydrogen (secondary N) is 1. The van der Waals surface area contributed by atoms with E-state index in [1.54, 1.807) is 63.0 Å². The Morgan fingerprint density at radius 3 is 2.39 bits per heavy atom. The lowest BCUT2D eigenvalue weighted by atomic mass is 10.1. The summed E-state index contributed by atoms with van der Waals surface area (Å²) in [7, 11) is -0.356. The first-order chi connectivity index (χ1) is 10.8. The molecule has 0 radical (unpaired) electrons. The zero-order valence-electron chi connectivity index (χ0n) is 13.7. The van der Waals surface area contributed by atoms with Crippen molar-refractivity contribution in [3.8, 4) is 5.75 Å². The highest BCUT2D eigenvalue weighted by Gasteiger charge is 2.19. The molecular formula is C16H22N2O4S. The molecule has 0 spiro atoms. The van der Waals surface area contributed by atoms with E-state index in [9.17, 15) is 13.5 Å². The molecule has 6 nitrogen and oxygen atoms in total. The molecule has 1 aromatic carbocycles. The third-order valence-electron chi connectivity index (χ3n) is 3.74. The van der Waals surface area contributed by atoms with Gasteiger partial charge in [0.05, 0.1) is 12.0 Å². The highest BCUT2D eigenvalue weighted by Crippen LogP contribution is 2.26. The fraction of sp³-hybridized carbons (Fsp3) is 0.375. The number of rotatable bonds is 6. The van der Waals surface area contributed by atoms with Crippen molar-refractivity contribution in [3.63, 3.8) is 0 Å². The number of aryl methyl sites for hydroxylation is 3. The van der Waals surface area contributed by atoms with Crippen LogP contribution in [0.2, 0.25) is 0 Å². The van der Waals surface area contributed by atoms with Crippen molar-refractivity contribution < 1.29 is 18.3 Å². The number of sulfonamides is 1. The van der Waals surface area contributed by atoms with Gasteiger partial charge in [-0.1, -0.05) is 0 Å². The number of benzene rings is 1. The van der Waals surface area contributed by atoms with Crippen LogP contribution in [0.4, 0.5) is 0 Å². The van der Waals surface area contributed by atoms with Crippen LogP contribution in [0.3, 0.4) is 0 Å². The van der Waals surface area contributed by atoms with Gasteiger partial charge < -0.3 is 14.4 Å². The van der Waals surface area contributed by atoms with E-state index in [0.29, 0.717) is 11.4 Å². The number of aliphatic hydroxyl groups is 1. The predicted octanol–water partition coefficient (Wildman–Crippen LogP) is 1.66. The van der Waals surface area contributed by atoms with Crippen molar-refractivity contribution in [3.05, 3.63) is 47.3 Å². The van der Waals surface area contributed by atoms with Crippen LogP contribution in [-0.4, -0.2) is 31.7 Å². The average molecular weight is 338 g/mol. The Balaban J connectivity index is 2.18. The first-order valence-corrected chi connectivity index (χ1v) is 8.68. The SMILES string of the molecule is COc1c(C)cc(S(=O)(=O)NCC(O)c2cccn2C)cc1C. The third-order valence-corrected chi connectivity index (χ3v) is 5.14. The Labute approximate surface area is 136 Å². The molecule has 7 heteroatoms. The summed E-state index contributed by atoms with van der Waals surface area (Å²) in [6.45, 7) is 3.50. The van der Waals surface area contributed by atoms with Crippen LogP contribution in [0, 0.1) is 13.8 Å². The standard InChI is InChI=1S/C16H22N2O4S/c1-11-8-13(9-12(2)16(11)22-4)23(20,21)17-10-15(19)14-6-5-7-18(14)3/h5-9,15,17,19H,10H2,1-4H3. The highest BCUT2D eigenvalue weighted by molar-refractivity contribution is 7.89. The zero-order chi connectivity index (χ0) is 17.2. The molecule has 0 aliphatic carbocycles. The Hall–Kier alpha value is -1.83. The van der Waals surface area contributed by atoms with Gasteiger partial charge in [0.2, 0.25) is 10.0 Å². The van der Waals surface area contributed by atoms with Crippen LogP contribution in [0.15, 0.2) is 35.4 Å². The molecule has 23 heavy (non-hydrogen) atoms. The Kier molecular flexibility index (Phi) is 5.13. The number of ether oxygens (including phenoxy) is 1. The van der Waals surface area contributed by atoms with Gasteiger partial charge in [-0.3, -0.25) is 0 Å². The topological polar surface area (TPSA) is 80.6 Å². The highest BCUT2D eigenvalue weighted by atomic mass is 32.2. The summed E-state index contributed by atoms with van der Waals surface area (Å²) in [6.07, 6.45) is 0.883. The minimum absolute atomic E-state index is 0.0929. The molecular weight excluding hydrogens is 316 g/mol. The molecule has 1 atom stereocenters. The fourth-order valence-corrected chi connectivity index (χ4v) is 3.79. The zero-order valence-corrected chi connectivity index (χ0v) is 14.5. The first-order valence-electron chi connectivity index (χ1n) is 7.20. The summed E-state index contributed by atoms with van der Waals surface area (Å²) in [5.41, 5.74) is 2.14. The van der Waals surface area contributed by atoms with Gasteiger partial charge in [0, 0.05) is 25.5 Å². The first kappa shape index (κ1) is 17.5. The number of hydrogen-bond donors (Lipinski definition) is 2. The fourth-order valence-electron chi connectivity index (χ4n) is 2.58. The molecule has 0 aliphatic heterocycles. The van der Waals surface area contributed by atoms with Crippen LogP contribution in [0.1, 0.15) is 22.9 Å². The Morgan fingerprint density at radius 1 is 1.30 bits per heavy atom. The van der Waals surface area contributed by atoms with E-state index in [4.69, 9.17) is 4.74 Å². The third kappa shape index (κ3) is 3.74. The number of nitrogens with zero attached hydrogens (tertiary/aromatic N) is 1. The van der Waals surface area contributed by atoms with Gasteiger partial charge in [0.25, 0.3) is 0 Å². The van der Waals surface area contributed by atoms with Gasteiger partial charge >= 0.3 is 0 Å². The summed E-state index contributed by atoms with van der Waals surface area (Å²) >= 11 is 0. The van der Waals surface area contributed by atoms with E-state index in [1.165, 1.54) is 0 Å². The molecule has 0 saturated carbocycles. The van der Waals surface area contributed by atoms with Crippen LogP contribution in [0.25, 0.3) is 0 Å². The molecule has 0 aliphatic rings. The monoisotopic (exact) mass is 338 g/mol. The summed E-state index contributed by atoms with van der Waals surface area (Å²) in [6, 6.07) is 6.66. The van der Waals surface area contributed by atoms with Crippen LogP contribution >= 0.6 is 0 Å². The smallest absolute Gasteiger partial charge is 0.240 e. The molecule has 1 aromatic heterocycles. The van der Waals surface area contributed by atoms with E-state index in [1.807, 2.05) is 0 Å². The molecule has 0 fully saturated rings. The molecule has 0 amide bonds. The van der Waals surface area contributed by atoms with Crippen LogP contribution < -0.4 is 9.46 Å². The van der Waals surface area contributed by atoms with Gasteiger partial charge in [-0.2, -0.15) is 0 Å². The normalized spacial score (nSPS) is 13.1. The molecule has 1 unspecified atom stereocenters. The quantitative estimate of drug-likeness (QED) is 0.839. The van der Waals surface area contributed by atoms with Crippen molar-refractivity contribution in [2.45, 2.75) is 24.8 Å². The molecule has 0 bridgehead atoms. The van der Waals surface area contributed by atoms with Crippen LogP contribution in [-0.2, 0) is 17.1 Å². The number of aliphatic hydroxyl groups excluding tert-OH is 1. The number of hydrogen-bond acceptors (Lipinski definition) is 4. The van der Waals surface area contributed by atoms with Crippen molar-refractivity contribution in [2.24, 2.45) is 7.05 Å². The molecule has 2 aromatic rings.